The first-order valence-corrected chi connectivity index (χ1v) is 6.48. The molecule has 1 aromatic carbocycles. The van der Waals surface area contributed by atoms with E-state index in [-0.39, 0.29) is 0 Å². The van der Waals surface area contributed by atoms with Crippen molar-refractivity contribution < 1.29 is 0 Å². The standard InChI is InChI=1S/C14H12N2S/c1-2-7-13-12(6-1)16-14(17-13)9-8-11-5-3-4-10-15-11/h1-7,10H,8-9H2. The maximum absolute atomic E-state index is 4.62. The van der Waals surface area contributed by atoms with Gasteiger partial charge in [-0.3, -0.25) is 4.98 Å². The summed E-state index contributed by atoms with van der Waals surface area (Å²) in [5, 5.41) is 1.19. The number of para-hydroxylation sites is 1. The molecule has 3 aromatic rings. The summed E-state index contributed by atoms with van der Waals surface area (Å²) in [7, 11) is 0. The van der Waals surface area contributed by atoms with Crippen LogP contribution in [0.3, 0.4) is 0 Å². The van der Waals surface area contributed by atoms with E-state index in [2.05, 4.69) is 34.2 Å². The van der Waals surface area contributed by atoms with E-state index in [1.807, 2.05) is 24.4 Å². The Morgan fingerprint density at radius 1 is 0.941 bits per heavy atom. The lowest BCUT2D eigenvalue weighted by molar-refractivity contribution is 0.906. The van der Waals surface area contributed by atoms with Gasteiger partial charge in [0, 0.05) is 18.3 Å². The van der Waals surface area contributed by atoms with Crippen molar-refractivity contribution in [1.29, 1.82) is 0 Å². The average Bonchev–Trinajstić information content (AvgIpc) is 2.80. The van der Waals surface area contributed by atoms with Crippen LogP contribution in [-0.4, -0.2) is 9.97 Å². The highest BCUT2D eigenvalue weighted by Gasteiger charge is 2.03. The van der Waals surface area contributed by atoms with E-state index in [0.29, 0.717) is 0 Å². The average molecular weight is 240 g/mol. The van der Waals surface area contributed by atoms with Gasteiger partial charge < -0.3 is 0 Å². The molecule has 2 nitrogen and oxygen atoms in total. The molecule has 17 heavy (non-hydrogen) atoms. The Hall–Kier alpha value is -1.74. The van der Waals surface area contributed by atoms with Crippen LogP contribution >= 0.6 is 11.3 Å². The maximum Gasteiger partial charge on any atom is 0.0942 e. The Balaban J connectivity index is 1.77. The third-order valence-corrected chi connectivity index (χ3v) is 3.76. The molecule has 3 rings (SSSR count). The van der Waals surface area contributed by atoms with Crippen LogP contribution in [0.15, 0.2) is 48.7 Å². The minimum absolute atomic E-state index is 0.959. The summed E-state index contributed by atoms with van der Waals surface area (Å²) >= 11 is 1.78. The molecular weight excluding hydrogens is 228 g/mol. The van der Waals surface area contributed by atoms with Crippen molar-refractivity contribution in [3.63, 3.8) is 0 Å². The molecule has 0 aliphatic rings. The fourth-order valence-electron chi connectivity index (χ4n) is 1.81. The molecule has 0 aliphatic heterocycles. The highest BCUT2D eigenvalue weighted by Crippen LogP contribution is 2.22. The first kappa shape index (κ1) is 10.4. The molecule has 2 aromatic heterocycles. The van der Waals surface area contributed by atoms with Crippen LogP contribution in [0.1, 0.15) is 10.7 Å². The Kier molecular flexibility index (Phi) is 2.84. The number of thiazole rings is 1. The van der Waals surface area contributed by atoms with Gasteiger partial charge in [-0.2, -0.15) is 0 Å². The van der Waals surface area contributed by atoms with Crippen LogP contribution in [0, 0.1) is 0 Å². The normalized spacial score (nSPS) is 10.8. The van der Waals surface area contributed by atoms with Crippen molar-refractivity contribution in [2.45, 2.75) is 12.8 Å². The van der Waals surface area contributed by atoms with Crippen LogP contribution in [0.5, 0.6) is 0 Å². The van der Waals surface area contributed by atoms with Gasteiger partial charge >= 0.3 is 0 Å². The van der Waals surface area contributed by atoms with Crippen molar-refractivity contribution in [3.8, 4) is 0 Å². The predicted octanol–water partition coefficient (Wildman–Crippen LogP) is 3.48. The summed E-state index contributed by atoms with van der Waals surface area (Å²) in [6, 6.07) is 14.3. The van der Waals surface area contributed by atoms with Gasteiger partial charge in [0.05, 0.1) is 15.2 Å². The molecule has 0 unspecified atom stereocenters. The molecule has 0 saturated carbocycles. The van der Waals surface area contributed by atoms with E-state index in [0.717, 1.165) is 24.1 Å². The SMILES string of the molecule is c1ccc(CCc2nc3ccccc3s2)nc1. The van der Waals surface area contributed by atoms with Gasteiger partial charge in [0.15, 0.2) is 0 Å². The first-order chi connectivity index (χ1) is 8.42. The fraction of sp³-hybridized carbons (Fsp3) is 0.143. The number of benzene rings is 1. The Morgan fingerprint density at radius 3 is 2.65 bits per heavy atom. The Bertz CT molecular complexity index is 583. The highest BCUT2D eigenvalue weighted by molar-refractivity contribution is 7.18. The zero-order valence-corrected chi connectivity index (χ0v) is 10.2. The summed E-state index contributed by atoms with van der Waals surface area (Å²) in [4.78, 5) is 8.94. The molecule has 3 heteroatoms. The van der Waals surface area contributed by atoms with Crippen molar-refractivity contribution in [2.75, 3.05) is 0 Å². The molecular formula is C14H12N2S. The third-order valence-electron chi connectivity index (χ3n) is 2.66. The second-order valence-corrected chi connectivity index (χ2v) is 5.01. The van der Waals surface area contributed by atoms with E-state index >= 15 is 0 Å². The van der Waals surface area contributed by atoms with Gasteiger partial charge in [0.25, 0.3) is 0 Å². The van der Waals surface area contributed by atoms with Crippen molar-refractivity contribution in [2.24, 2.45) is 0 Å². The molecule has 0 spiro atoms. The number of aromatic nitrogens is 2. The monoisotopic (exact) mass is 240 g/mol. The summed E-state index contributed by atoms with van der Waals surface area (Å²) in [6.07, 6.45) is 3.77. The number of fused-ring (bicyclic) bond motifs is 1. The predicted molar refractivity (Wildman–Crippen MR) is 71.3 cm³/mol. The molecule has 84 valence electrons. The molecule has 0 saturated heterocycles. The maximum atomic E-state index is 4.62. The molecule has 0 bridgehead atoms. The van der Waals surface area contributed by atoms with E-state index in [9.17, 15) is 0 Å². The largest absolute Gasteiger partial charge is 0.261 e. The molecule has 0 fully saturated rings. The molecule has 0 amide bonds. The van der Waals surface area contributed by atoms with Crippen molar-refractivity contribution in [1.82, 2.24) is 9.97 Å². The lowest BCUT2D eigenvalue weighted by Crippen LogP contribution is -1.92. The minimum atomic E-state index is 0.959. The van der Waals surface area contributed by atoms with Gasteiger partial charge in [-0.1, -0.05) is 18.2 Å². The number of aryl methyl sites for hydroxylation is 2. The number of pyridine rings is 1. The summed E-state index contributed by atoms with van der Waals surface area (Å²) in [5.41, 5.74) is 2.24. The molecule has 0 aliphatic carbocycles. The van der Waals surface area contributed by atoms with E-state index in [1.54, 1.807) is 11.3 Å². The molecule has 0 atom stereocenters. The summed E-state index contributed by atoms with van der Waals surface area (Å²) in [6.45, 7) is 0. The summed E-state index contributed by atoms with van der Waals surface area (Å²) in [5.74, 6) is 0. The lowest BCUT2D eigenvalue weighted by atomic mass is 10.2. The van der Waals surface area contributed by atoms with Gasteiger partial charge in [-0.05, 0) is 30.7 Å². The van der Waals surface area contributed by atoms with Crippen LogP contribution in [0.2, 0.25) is 0 Å². The topological polar surface area (TPSA) is 25.8 Å². The number of rotatable bonds is 3. The van der Waals surface area contributed by atoms with E-state index in [4.69, 9.17) is 0 Å². The summed E-state index contributed by atoms with van der Waals surface area (Å²) < 4.78 is 1.27. The lowest BCUT2D eigenvalue weighted by Gasteiger charge is -1.96. The zero-order valence-electron chi connectivity index (χ0n) is 9.34. The van der Waals surface area contributed by atoms with Crippen molar-refractivity contribution >= 4 is 21.6 Å². The second kappa shape index (κ2) is 4.63. The van der Waals surface area contributed by atoms with Gasteiger partial charge in [0.2, 0.25) is 0 Å². The van der Waals surface area contributed by atoms with Gasteiger partial charge in [-0.25, -0.2) is 4.98 Å². The van der Waals surface area contributed by atoms with Gasteiger partial charge in [-0.15, -0.1) is 11.3 Å². The minimum Gasteiger partial charge on any atom is -0.261 e. The molecule has 0 radical (unpaired) electrons. The second-order valence-electron chi connectivity index (χ2n) is 3.90. The first-order valence-electron chi connectivity index (χ1n) is 5.66. The molecule has 0 N–H and O–H groups in total. The smallest absolute Gasteiger partial charge is 0.0942 e. The zero-order chi connectivity index (χ0) is 11.5. The van der Waals surface area contributed by atoms with Crippen molar-refractivity contribution in [3.05, 3.63) is 59.4 Å². The third kappa shape index (κ3) is 2.34. The fourth-order valence-corrected chi connectivity index (χ4v) is 2.77. The van der Waals surface area contributed by atoms with Crippen LogP contribution < -0.4 is 0 Å². The number of nitrogens with zero attached hydrogens (tertiary/aromatic N) is 2. The number of hydrogen-bond donors (Lipinski definition) is 0. The Labute approximate surface area is 104 Å². The van der Waals surface area contributed by atoms with E-state index < -0.39 is 0 Å². The van der Waals surface area contributed by atoms with Gasteiger partial charge in [0.1, 0.15) is 0 Å². The van der Waals surface area contributed by atoms with Crippen LogP contribution in [0.4, 0.5) is 0 Å². The van der Waals surface area contributed by atoms with Crippen LogP contribution in [0.25, 0.3) is 10.2 Å². The molecule has 2 heterocycles. The number of hydrogen-bond acceptors (Lipinski definition) is 3. The Morgan fingerprint density at radius 2 is 1.82 bits per heavy atom. The highest BCUT2D eigenvalue weighted by atomic mass is 32.1. The quantitative estimate of drug-likeness (QED) is 0.700. The van der Waals surface area contributed by atoms with Crippen LogP contribution in [-0.2, 0) is 12.8 Å². The van der Waals surface area contributed by atoms with E-state index in [1.165, 1.54) is 9.71 Å².